The smallest absolute Gasteiger partial charge is 0.0242 e. The molecule has 0 saturated carbocycles. The first-order valence-corrected chi connectivity index (χ1v) is 10.2. The fraction of sp³-hybridized carbons (Fsp3) is 1.00. The van der Waals surface area contributed by atoms with Crippen LogP contribution in [0.4, 0.5) is 0 Å². The molecule has 98 valence electrons. The standard InChI is InChI=1S/C12H22Br4/c13-9-11(15)7-5-3-1-2-4-6-8-12(16)10-14/h11-12H,1-10H2. The van der Waals surface area contributed by atoms with Crippen LogP contribution in [0.2, 0.25) is 0 Å². The molecule has 2 atom stereocenters. The number of hydrogen-bond donors (Lipinski definition) is 0. The molecule has 16 heavy (non-hydrogen) atoms. The Bertz CT molecular complexity index is 125. The predicted molar refractivity (Wildman–Crippen MR) is 90.0 cm³/mol. The molecule has 0 radical (unpaired) electrons. The fourth-order valence-electron chi connectivity index (χ4n) is 1.59. The Morgan fingerprint density at radius 3 is 1.19 bits per heavy atom. The summed E-state index contributed by atoms with van der Waals surface area (Å²) in [5, 5.41) is 2.15. The van der Waals surface area contributed by atoms with Gasteiger partial charge >= 0.3 is 0 Å². The molecule has 0 heterocycles. The maximum Gasteiger partial charge on any atom is 0.0242 e. The van der Waals surface area contributed by atoms with Crippen LogP contribution in [0.5, 0.6) is 0 Å². The lowest BCUT2D eigenvalue weighted by Gasteiger charge is -2.06. The molecule has 0 aromatic rings. The van der Waals surface area contributed by atoms with Crippen LogP contribution in [0, 0.1) is 0 Å². The van der Waals surface area contributed by atoms with Gasteiger partial charge in [0.15, 0.2) is 0 Å². The largest absolute Gasteiger partial charge is 0.0916 e. The van der Waals surface area contributed by atoms with Gasteiger partial charge in [-0.1, -0.05) is 102 Å². The normalized spacial score (nSPS) is 15.0. The summed E-state index contributed by atoms with van der Waals surface area (Å²) in [6.45, 7) is 0. The second-order valence-corrected chi connectivity index (χ2v) is 8.09. The van der Waals surface area contributed by atoms with Gasteiger partial charge in [-0.05, 0) is 12.8 Å². The Morgan fingerprint density at radius 1 is 0.562 bits per heavy atom. The lowest BCUT2D eigenvalue weighted by Crippen LogP contribution is -1.98. The molecule has 0 nitrogen and oxygen atoms in total. The highest BCUT2D eigenvalue weighted by Gasteiger charge is 2.02. The molecule has 0 bridgehead atoms. The molecule has 0 amide bonds. The van der Waals surface area contributed by atoms with Crippen molar-refractivity contribution in [3.05, 3.63) is 0 Å². The zero-order chi connectivity index (χ0) is 12.2. The predicted octanol–water partition coefficient (Wildman–Crippen LogP) is 6.42. The quantitative estimate of drug-likeness (QED) is 0.234. The Morgan fingerprint density at radius 2 is 0.875 bits per heavy atom. The summed E-state index contributed by atoms with van der Waals surface area (Å²) in [6.07, 6.45) is 10.9. The first kappa shape index (κ1) is 17.9. The molecule has 0 N–H and O–H groups in total. The van der Waals surface area contributed by atoms with Gasteiger partial charge in [-0.3, -0.25) is 0 Å². The van der Waals surface area contributed by atoms with Crippen LogP contribution in [-0.4, -0.2) is 20.3 Å². The van der Waals surface area contributed by atoms with Gasteiger partial charge in [-0.15, -0.1) is 0 Å². The van der Waals surface area contributed by atoms with Crippen LogP contribution < -0.4 is 0 Å². The molecule has 4 heteroatoms. The van der Waals surface area contributed by atoms with Gasteiger partial charge in [0.25, 0.3) is 0 Å². The van der Waals surface area contributed by atoms with Crippen LogP contribution in [-0.2, 0) is 0 Å². The maximum atomic E-state index is 3.64. The summed E-state index contributed by atoms with van der Waals surface area (Å²) >= 11 is 14.2. The fourth-order valence-corrected chi connectivity index (χ4v) is 2.89. The van der Waals surface area contributed by atoms with Gasteiger partial charge in [0.2, 0.25) is 0 Å². The van der Waals surface area contributed by atoms with E-state index >= 15 is 0 Å². The Hall–Kier alpha value is 1.92. The van der Waals surface area contributed by atoms with Gasteiger partial charge in [0, 0.05) is 20.3 Å². The molecule has 0 aromatic carbocycles. The average Bonchev–Trinajstić information content (AvgIpc) is 2.31. The minimum absolute atomic E-state index is 0.667. The number of halogens is 4. The minimum Gasteiger partial charge on any atom is -0.0916 e. The van der Waals surface area contributed by atoms with E-state index in [4.69, 9.17) is 0 Å². The molecule has 0 rings (SSSR count). The van der Waals surface area contributed by atoms with E-state index in [1.807, 2.05) is 0 Å². The molecule has 0 spiro atoms. The number of unbranched alkanes of at least 4 members (excludes halogenated alkanes) is 5. The first-order chi connectivity index (χ1) is 7.70. The Kier molecular flexibility index (Phi) is 15.0. The molecule has 0 aliphatic rings. The Balaban J connectivity index is 3.04. The van der Waals surface area contributed by atoms with E-state index in [1.54, 1.807) is 0 Å². The van der Waals surface area contributed by atoms with Crippen LogP contribution >= 0.6 is 63.7 Å². The first-order valence-electron chi connectivity index (χ1n) is 6.10. The molecule has 0 aliphatic heterocycles. The second kappa shape index (κ2) is 13.4. The molecular weight excluding hydrogens is 464 g/mol. The van der Waals surface area contributed by atoms with E-state index < -0.39 is 0 Å². The van der Waals surface area contributed by atoms with E-state index in [0.29, 0.717) is 9.65 Å². The van der Waals surface area contributed by atoms with Crippen molar-refractivity contribution >= 4 is 63.7 Å². The van der Waals surface area contributed by atoms with Crippen molar-refractivity contribution in [1.82, 2.24) is 0 Å². The average molecular weight is 486 g/mol. The van der Waals surface area contributed by atoms with Crippen LogP contribution in [0.15, 0.2) is 0 Å². The van der Waals surface area contributed by atoms with Crippen molar-refractivity contribution in [3.8, 4) is 0 Å². The highest BCUT2D eigenvalue weighted by atomic mass is 79.9. The highest BCUT2D eigenvalue weighted by Crippen LogP contribution is 2.17. The zero-order valence-electron chi connectivity index (χ0n) is 9.74. The summed E-state index contributed by atoms with van der Waals surface area (Å²) in [4.78, 5) is 1.33. The van der Waals surface area contributed by atoms with E-state index in [2.05, 4.69) is 63.7 Å². The van der Waals surface area contributed by atoms with Crippen LogP contribution in [0.3, 0.4) is 0 Å². The number of hydrogen-bond acceptors (Lipinski definition) is 0. The lowest BCUT2D eigenvalue weighted by molar-refractivity contribution is 0.570. The second-order valence-electron chi connectivity index (χ2n) is 4.20. The molecule has 0 saturated heterocycles. The van der Waals surface area contributed by atoms with E-state index in [1.165, 1.54) is 51.4 Å². The third-order valence-electron chi connectivity index (χ3n) is 2.62. The molecule has 0 aliphatic carbocycles. The third-order valence-corrected chi connectivity index (χ3v) is 7.48. The van der Waals surface area contributed by atoms with Gasteiger partial charge in [-0.2, -0.15) is 0 Å². The topological polar surface area (TPSA) is 0 Å². The van der Waals surface area contributed by atoms with Gasteiger partial charge in [0.1, 0.15) is 0 Å². The third kappa shape index (κ3) is 12.4. The maximum absolute atomic E-state index is 3.64. The van der Waals surface area contributed by atoms with Gasteiger partial charge in [-0.25, -0.2) is 0 Å². The van der Waals surface area contributed by atoms with E-state index in [-0.39, 0.29) is 0 Å². The molecule has 0 fully saturated rings. The molecular formula is C12H22Br4. The van der Waals surface area contributed by atoms with Crippen molar-refractivity contribution in [2.75, 3.05) is 10.7 Å². The highest BCUT2D eigenvalue weighted by molar-refractivity contribution is 9.12. The minimum atomic E-state index is 0.667. The summed E-state index contributed by atoms with van der Waals surface area (Å²) in [5.74, 6) is 0. The zero-order valence-corrected chi connectivity index (χ0v) is 16.1. The van der Waals surface area contributed by atoms with Crippen molar-refractivity contribution < 1.29 is 0 Å². The van der Waals surface area contributed by atoms with E-state index in [9.17, 15) is 0 Å². The van der Waals surface area contributed by atoms with Gasteiger partial charge < -0.3 is 0 Å². The summed E-state index contributed by atoms with van der Waals surface area (Å²) in [5.41, 5.74) is 0. The van der Waals surface area contributed by atoms with Crippen LogP contribution in [0.1, 0.15) is 51.4 Å². The Labute approximate surface area is 134 Å². The molecule has 2 unspecified atom stereocenters. The lowest BCUT2D eigenvalue weighted by atomic mass is 10.1. The van der Waals surface area contributed by atoms with Crippen molar-refractivity contribution in [2.45, 2.75) is 61.0 Å². The van der Waals surface area contributed by atoms with Crippen LogP contribution in [0.25, 0.3) is 0 Å². The number of rotatable bonds is 11. The van der Waals surface area contributed by atoms with Crippen molar-refractivity contribution in [2.24, 2.45) is 0 Å². The van der Waals surface area contributed by atoms with Gasteiger partial charge in [0.05, 0.1) is 0 Å². The summed E-state index contributed by atoms with van der Waals surface area (Å²) in [6, 6.07) is 0. The monoisotopic (exact) mass is 482 g/mol. The van der Waals surface area contributed by atoms with Crippen molar-refractivity contribution in [1.29, 1.82) is 0 Å². The summed E-state index contributed by atoms with van der Waals surface area (Å²) < 4.78 is 0. The van der Waals surface area contributed by atoms with Crippen molar-refractivity contribution in [3.63, 3.8) is 0 Å². The summed E-state index contributed by atoms with van der Waals surface area (Å²) in [7, 11) is 0. The van der Waals surface area contributed by atoms with E-state index in [0.717, 1.165) is 10.7 Å². The number of alkyl halides is 4. The molecule has 0 aromatic heterocycles. The SMILES string of the molecule is BrCC(Br)CCCCCCCCC(Br)CBr.